The van der Waals surface area contributed by atoms with Crippen LogP contribution in [-0.4, -0.2) is 18.3 Å². The second-order valence-electron chi connectivity index (χ2n) is 4.79. The van der Waals surface area contributed by atoms with Gasteiger partial charge in [0.1, 0.15) is 5.75 Å². The Morgan fingerprint density at radius 2 is 1.71 bits per heavy atom. The highest BCUT2D eigenvalue weighted by atomic mass is 32.2. The van der Waals surface area contributed by atoms with Gasteiger partial charge in [0.05, 0.1) is 12.4 Å². The number of carbonyl (C=O) groups excluding carboxylic acids is 1. The third-order valence-electron chi connectivity index (χ3n) is 3.06. The van der Waals surface area contributed by atoms with E-state index in [1.165, 1.54) is 5.56 Å². The van der Waals surface area contributed by atoms with Crippen molar-refractivity contribution in [3.05, 3.63) is 54.1 Å². The molecular weight excluding hydrogens is 282 g/mol. The fourth-order valence-electron chi connectivity index (χ4n) is 1.79. The number of rotatable bonds is 5. The SMILES string of the molecule is COc1ccc(NC(=O)C(C)Sc2ccc(C)cc2)cc1. The van der Waals surface area contributed by atoms with E-state index in [2.05, 4.69) is 17.4 Å². The van der Waals surface area contributed by atoms with Crippen LogP contribution in [0.2, 0.25) is 0 Å². The maximum atomic E-state index is 12.2. The highest BCUT2D eigenvalue weighted by molar-refractivity contribution is 8.00. The third kappa shape index (κ3) is 4.53. The molecule has 0 bridgehead atoms. The summed E-state index contributed by atoms with van der Waals surface area (Å²) in [6.45, 7) is 3.96. The van der Waals surface area contributed by atoms with Gasteiger partial charge in [0.15, 0.2) is 0 Å². The summed E-state index contributed by atoms with van der Waals surface area (Å²) < 4.78 is 5.09. The first-order chi connectivity index (χ1) is 10.1. The summed E-state index contributed by atoms with van der Waals surface area (Å²) in [4.78, 5) is 13.3. The van der Waals surface area contributed by atoms with Gasteiger partial charge in [-0.1, -0.05) is 17.7 Å². The van der Waals surface area contributed by atoms with E-state index in [9.17, 15) is 4.79 Å². The van der Waals surface area contributed by atoms with Gasteiger partial charge in [-0.25, -0.2) is 0 Å². The lowest BCUT2D eigenvalue weighted by atomic mass is 10.2. The monoisotopic (exact) mass is 301 g/mol. The van der Waals surface area contributed by atoms with Gasteiger partial charge >= 0.3 is 0 Å². The summed E-state index contributed by atoms with van der Waals surface area (Å²) in [6.07, 6.45) is 0. The van der Waals surface area contributed by atoms with Gasteiger partial charge in [-0.05, 0) is 50.2 Å². The topological polar surface area (TPSA) is 38.3 Å². The average Bonchev–Trinajstić information content (AvgIpc) is 2.50. The number of hydrogen-bond donors (Lipinski definition) is 1. The molecule has 0 heterocycles. The second-order valence-corrected chi connectivity index (χ2v) is 6.21. The number of methoxy groups -OCH3 is 1. The molecule has 0 saturated heterocycles. The van der Waals surface area contributed by atoms with E-state index < -0.39 is 0 Å². The fourth-order valence-corrected chi connectivity index (χ4v) is 2.66. The van der Waals surface area contributed by atoms with Crippen LogP contribution in [0.5, 0.6) is 5.75 Å². The minimum Gasteiger partial charge on any atom is -0.497 e. The van der Waals surface area contributed by atoms with Crippen LogP contribution in [0.1, 0.15) is 12.5 Å². The van der Waals surface area contributed by atoms with Crippen molar-refractivity contribution in [1.29, 1.82) is 0 Å². The van der Waals surface area contributed by atoms with Crippen molar-refractivity contribution in [3.8, 4) is 5.75 Å². The molecule has 2 rings (SSSR count). The lowest BCUT2D eigenvalue weighted by Gasteiger charge is -2.12. The highest BCUT2D eigenvalue weighted by Gasteiger charge is 2.14. The molecule has 0 fully saturated rings. The van der Waals surface area contributed by atoms with Crippen LogP contribution in [0.4, 0.5) is 5.69 Å². The Bertz CT molecular complexity index is 593. The number of benzene rings is 2. The van der Waals surface area contributed by atoms with E-state index in [0.717, 1.165) is 16.3 Å². The van der Waals surface area contributed by atoms with Crippen molar-refractivity contribution >= 4 is 23.4 Å². The molecule has 1 N–H and O–H groups in total. The Hall–Kier alpha value is -1.94. The minimum absolute atomic E-state index is 0.00857. The van der Waals surface area contributed by atoms with Crippen LogP contribution < -0.4 is 10.1 Å². The first-order valence-corrected chi connectivity index (χ1v) is 7.64. The zero-order valence-corrected chi connectivity index (χ0v) is 13.2. The van der Waals surface area contributed by atoms with Crippen LogP contribution >= 0.6 is 11.8 Å². The van der Waals surface area contributed by atoms with Gasteiger partial charge in [0, 0.05) is 10.6 Å². The number of anilines is 1. The summed E-state index contributed by atoms with van der Waals surface area (Å²) in [7, 11) is 1.62. The summed E-state index contributed by atoms with van der Waals surface area (Å²) in [5, 5.41) is 2.75. The minimum atomic E-state index is -0.158. The van der Waals surface area contributed by atoms with Gasteiger partial charge in [-0.15, -0.1) is 11.8 Å². The first kappa shape index (κ1) is 15.4. The number of ether oxygens (including phenoxy) is 1. The van der Waals surface area contributed by atoms with Crippen molar-refractivity contribution in [2.75, 3.05) is 12.4 Å². The van der Waals surface area contributed by atoms with Crippen molar-refractivity contribution in [2.45, 2.75) is 24.0 Å². The Morgan fingerprint density at radius 3 is 2.29 bits per heavy atom. The molecule has 0 radical (unpaired) electrons. The molecule has 110 valence electrons. The maximum Gasteiger partial charge on any atom is 0.237 e. The summed E-state index contributed by atoms with van der Waals surface area (Å²) in [6, 6.07) is 15.5. The molecule has 21 heavy (non-hydrogen) atoms. The summed E-state index contributed by atoms with van der Waals surface area (Å²) in [5.41, 5.74) is 1.99. The van der Waals surface area contributed by atoms with Crippen LogP contribution in [0.25, 0.3) is 0 Å². The largest absolute Gasteiger partial charge is 0.497 e. The average molecular weight is 301 g/mol. The van der Waals surface area contributed by atoms with Crippen molar-refractivity contribution in [1.82, 2.24) is 0 Å². The predicted molar refractivity (Wildman–Crippen MR) is 88.1 cm³/mol. The van der Waals surface area contributed by atoms with E-state index in [4.69, 9.17) is 4.74 Å². The first-order valence-electron chi connectivity index (χ1n) is 6.77. The summed E-state index contributed by atoms with van der Waals surface area (Å²) in [5.74, 6) is 0.765. The number of nitrogens with one attached hydrogen (secondary N) is 1. The lowest BCUT2D eigenvalue weighted by molar-refractivity contribution is -0.115. The number of hydrogen-bond acceptors (Lipinski definition) is 3. The third-order valence-corrected chi connectivity index (χ3v) is 4.17. The zero-order valence-electron chi connectivity index (χ0n) is 12.4. The molecule has 1 unspecified atom stereocenters. The number of aryl methyl sites for hydroxylation is 1. The molecule has 0 aliphatic rings. The second kappa shape index (κ2) is 7.18. The van der Waals surface area contributed by atoms with E-state index in [0.29, 0.717) is 0 Å². The predicted octanol–water partition coefficient (Wildman–Crippen LogP) is 4.12. The standard InChI is InChI=1S/C17H19NO2S/c1-12-4-10-16(11-5-12)21-13(2)17(19)18-14-6-8-15(20-3)9-7-14/h4-11,13H,1-3H3,(H,18,19). The molecule has 2 aromatic rings. The Labute approximate surface area is 129 Å². The summed E-state index contributed by atoms with van der Waals surface area (Å²) >= 11 is 1.55. The Morgan fingerprint density at radius 1 is 1.10 bits per heavy atom. The normalized spacial score (nSPS) is 11.8. The van der Waals surface area contributed by atoms with Crippen LogP contribution in [0.3, 0.4) is 0 Å². The highest BCUT2D eigenvalue weighted by Crippen LogP contribution is 2.24. The molecule has 4 heteroatoms. The van der Waals surface area contributed by atoms with Gasteiger partial charge in [-0.3, -0.25) is 4.79 Å². The van der Waals surface area contributed by atoms with Crippen molar-refractivity contribution in [2.24, 2.45) is 0 Å². The molecule has 1 amide bonds. The fraction of sp³-hybridized carbons (Fsp3) is 0.235. The zero-order chi connectivity index (χ0) is 15.2. The number of carbonyl (C=O) groups is 1. The number of amides is 1. The smallest absolute Gasteiger partial charge is 0.237 e. The molecule has 0 saturated carbocycles. The molecular formula is C17H19NO2S. The van der Waals surface area contributed by atoms with E-state index in [1.807, 2.05) is 50.2 Å². The van der Waals surface area contributed by atoms with Gasteiger partial charge in [0.2, 0.25) is 5.91 Å². The van der Waals surface area contributed by atoms with E-state index in [1.54, 1.807) is 18.9 Å². The van der Waals surface area contributed by atoms with E-state index >= 15 is 0 Å². The molecule has 0 aliphatic carbocycles. The Kier molecular flexibility index (Phi) is 5.28. The molecule has 2 aromatic carbocycles. The van der Waals surface area contributed by atoms with Gasteiger partial charge in [0.25, 0.3) is 0 Å². The molecule has 1 atom stereocenters. The molecule has 0 spiro atoms. The Balaban J connectivity index is 1.93. The van der Waals surface area contributed by atoms with Crippen molar-refractivity contribution in [3.63, 3.8) is 0 Å². The molecule has 0 aliphatic heterocycles. The van der Waals surface area contributed by atoms with Crippen LogP contribution in [0, 0.1) is 6.92 Å². The molecule has 0 aromatic heterocycles. The van der Waals surface area contributed by atoms with Crippen LogP contribution in [-0.2, 0) is 4.79 Å². The van der Waals surface area contributed by atoms with Gasteiger partial charge < -0.3 is 10.1 Å². The van der Waals surface area contributed by atoms with Crippen LogP contribution in [0.15, 0.2) is 53.4 Å². The quantitative estimate of drug-likeness (QED) is 0.844. The van der Waals surface area contributed by atoms with E-state index in [-0.39, 0.29) is 11.2 Å². The number of thioether (sulfide) groups is 1. The van der Waals surface area contributed by atoms with Crippen molar-refractivity contribution < 1.29 is 9.53 Å². The lowest BCUT2D eigenvalue weighted by Crippen LogP contribution is -2.22. The van der Waals surface area contributed by atoms with Gasteiger partial charge in [-0.2, -0.15) is 0 Å². The molecule has 3 nitrogen and oxygen atoms in total. The maximum absolute atomic E-state index is 12.2.